The van der Waals surface area contributed by atoms with Gasteiger partial charge < -0.3 is 0 Å². The maximum Gasteiger partial charge on any atom is 0.0903 e. The predicted octanol–water partition coefficient (Wildman–Crippen LogP) is 4.35. The van der Waals surface area contributed by atoms with Crippen LogP contribution in [0.15, 0.2) is 12.1 Å². The largest absolute Gasteiger partial charge is 0.246 e. The molecule has 1 aromatic heterocycles. The van der Waals surface area contributed by atoms with Gasteiger partial charge in [-0.1, -0.05) is 17.7 Å². The molecule has 84 valence electrons. The third-order valence-electron chi connectivity index (χ3n) is 2.81. The Morgan fingerprint density at radius 3 is 1.94 bits per heavy atom. The van der Waals surface area contributed by atoms with Gasteiger partial charge in [-0.2, -0.15) is 0 Å². The van der Waals surface area contributed by atoms with E-state index in [-0.39, 0.29) is 0 Å². The van der Waals surface area contributed by atoms with Crippen LogP contribution >= 0.6 is 11.3 Å². The Bertz CT molecular complexity index is 515. The van der Waals surface area contributed by atoms with Gasteiger partial charge in [0.25, 0.3) is 0 Å². The summed E-state index contributed by atoms with van der Waals surface area (Å²) >= 11 is 1.79. The highest BCUT2D eigenvalue weighted by Crippen LogP contribution is 2.34. The van der Waals surface area contributed by atoms with Gasteiger partial charge >= 0.3 is 0 Å². The van der Waals surface area contributed by atoms with Crippen molar-refractivity contribution >= 4 is 11.3 Å². The Kier molecular flexibility index (Phi) is 2.85. The molecule has 0 spiro atoms. The van der Waals surface area contributed by atoms with E-state index in [0.717, 1.165) is 10.7 Å². The molecule has 0 saturated heterocycles. The maximum atomic E-state index is 4.51. The summed E-state index contributed by atoms with van der Waals surface area (Å²) < 4.78 is 0. The van der Waals surface area contributed by atoms with Gasteiger partial charge in [0.1, 0.15) is 0 Å². The molecule has 2 heteroatoms. The van der Waals surface area contributed by atoms with Crippen LogP contribution in [-0.4, -0.2) is 4.98 Å². The fraction of sp³-hybridized carbons (Fsp3) is 0.357. The van der Waals surface area contributed by atoms with Gasteiger partial charge in [-0.3, -0.25) is 0 Å². The number of rotatable bonds is 1. The van der Waals surface area contributed by atoms with E-state index < -0.39 is 0 Å². The second-order valence-electron chi connectivity index (χ2n) is 4.42. The quantitative estimate of drug-likeness (QED) is 0.711. The van der Waals surface area contributed by atoms with Crippen LogP contribution in [0.5, 0.6) is 0 Å². The minimum atomic E-state index is 1.15. The second-order valence-corrected chi connectivity index (χ2v) is 5.62. The normalized spacial score (nSPS) is 10.8. The van der Waals surface area contributed by atoms with Crippen molar-refractivity contribution in [2.45, 2.75) is 34.6 Å². The molecule has 0 N–H and O–H groups in total. The molecular weight excluding hydrogens is 214 g/mol. The fourth-order valence-electron chi connectivity index (χ4n) is 2.30. The van der Waals surface area contributed by atoms with Crippen molar-refractivity contribution in [1.82, 2.24) is 4.98 Å². The Labute approximate surface area is 101 Å². The van der Waals surface area contributed by atoms with Crippen molar-refractivity contribution in [1.29, 1.82) is 0 Å². The zero-order chi connectivity index (χ0) is 11.9. The molecule has 0 saturated carbocycles. The van der Waals surface area contributed by atoms with Crippen molar-refractivity contribution in [2.24, 2.45) is 0 Å². The Morgan fingerprint density at radius 1 is 0.938 bits per heavy atom. The van der Waals surface area contributed by atoms with Gasteiger partial charge in [0.05, 0.1) is 15.6 Å². The minimum Gasteiger partial charge on any atom is -0.246 e. The molecule has 0 aliphatic heterocycles. The van der Waals surface area contributed by atoms with E-state index in [9.17, 15) is 0 Å². The fourth-order valence-corrected chi connectivity index (χ4v) is 3.40. The lowest BCUT2D eigenvalue weighted by Crippen LogP contribution is -1.89. The van der Waals surface area contributed by atoms with Crippen molar-refractivity contribution in [2.75, 3.05) is 0 Å². The van der Waals surface area contributed by atoms with E-state index in [2.05, 4.69) is 51.7 Å². The molecule has 1 aromatic carbocycles. The molecule has 0 unspecified atom stereocenters. The Balaban J connectivity index is 2.69. The van der Waals surface area contributed by atoms with Crippen LogP contribution in [0.4, 0.5) is 0 Å². The van der Waals surface area contributed by atoms with E-state index in [1.807, 2.05) is 0 Å². The number of benzene rings is 1. The molecule has 0 atom stereocenters. The summed E-state index contributed by atoms with van der Waals surface area (Å²) in [4.78, 5) is 5.84. The van der Waals surface area contributed by atoms with Gasteiger partial charge in [-0.05, 0) is 51.3 Å². The summed E-state index contributed by atoms with van der Waals surface area (Å²) in [7, 11) is 0. The Morgan fingerprint density at radius 2 is 1.50 bits per heavy atom. The molecular formula is C14H17NS. The highest BCUT2D eigenvalue weighted by Gasteiger charge is 2.12. The van der Waals surface area contributed by atoms with Crippen LogP contribution in [0.3, 0.4) is 0 Å². The first-order chi connectivity index (χ1) is 7.49. The van der Waals surface area contributed by atoms with E-state index >= 15 is 0 Å². The standard InChI is InChI=1S/C14H17NS/c1-8-6-9(2)13(10(3)7-8)14-11(4)15-12(5)16-14/h6-7H,1-5H3. The van der Waals surface area contributed by atoms with Gasteiger partial charge in [-0.15, -0.1) is 11.3 Å². The summed E-state index contributed by atoms with van der Waals surface area (Å²) in [5.74, 6) is 0. The highest BCUT2D eigenvalue weighted by molar-refractivity contribution is 7.15. The van der Waals surface area contributed by atoms with Crippen LogP contribution in [-0.2, 0) is 0 Å². The van der Waals surface area contributed by atoms with Gasteiger partial charge in [0.2, 0.25) is 0 Å². The first-order valence-corrected chi connectivity index (χ1v) is 6.33. The molecule has 0 amide bonds. The highest BCUT2D eigenvalue weighted by atomic mass is 32.1. The maximum absolute atomic E-state index is 4.51. The van der Waals surface area contributed by atoms with Crippen LogP contribution in [0.1, 0.15) is 27.4 Å². The van der Waals surface area contributed by atoms with Crippen molar-refractivity contribution in [3.63, 3.8) is 0 Å². The number of hydrogen-bond acceptors (Lipinski definition) is 2. The van der Waals surface area contributed by atoms with Gasteiger partial charge in [-0.25, -0.2) is 4.98 Å². The van der Waals surface area contributed by atoms with E-state index in [0.29, 0.717) is 0 Å². The molecule has 0 fully saturated rings. The smallest absolute Gasteiger partial charge is 0.0903 e. The zero-order valence-corrected chi connectivity index (χ0v) is 11.3. The first kappa shape index (κ1) is 11.3. The van der Waals surface area contributed by atoms with Gasteiger partial charge in [0, 0.05) is 0 Å². The van der Waals surface area contributed by atoms with E-state index in [1.54, 1.807) is 11.3 Å². The van der Waals surface area contributed by atoms with Crippen molar-refractivity contribution in [3.8, 4) is 10.4 Å². The number of aryl methyl sites for hydroxylation is 5. The minimum absolute atomic E-state index is 1.15. The zero-order valence-electron chi connectivity index (χ0n) is 10.5. The molecule has 1 heterocycles. The lowest BCUT2D eigenvalue weighted by molar-refractivity contribution is 1.20. The Hall–Kier alpha value is -1.15. The molecule has 0 bridgehead atoms. The molecule has 2 aromatic rings. The predicted molar refractivity (Wildman–Crippen MR) is 71.2 cm³/mol. The second kappa shape index (κ2) is 4.02. The molecule has 0 aliphatic carbocycles. The molecule has 1 nitrogen and oxygen atoms in total. The van der Waals surface area contributed by atoms with Crippen molar-refractivity contribution < 1.29 is 0 Å². The van der Waals surface area contributed by atoms with Crippen LogP contribution in [0.25, 0.3) is 10.4 Å². The molecule has 0 radical (unpaired) electrons. The summed E-state index contributed by atoms with van der Waals surface area (Å²) in [6.45, 7) is 10.7. The average molecular weight is 231 g/mol. The number of aromatic nitrogens is 1. The van der Waals surface area contributed by atoms with Crippen LogP contribution in [0, 0.1) is 34.6 Å². The van der Waals surface area contributed by atoms with Crippen molar-refractivity contribution in [3.05, 3.63) is 39.5 Å². The number of hydrogen-bond donors (Lipinski definition) is 0. The van der Waals surface area contributed by atoms with Gasteiger partial charge in [0.15, 0.2) is 0 Å². The lowest BCUT2D eigenvalue weighted by atomic mass is 9.98. The topological polar surface area (TPSA) is 12.9 Å². The summed E-state index contributed by atoms with van der Waals surface area (Å²) in [5.41, 5.74) is 6.55. The summed E-state index contributed by atoms with van der Waals surface area (Å²) in [5, 5.41) is 1.15. The summed E-state index contributed by atoms with van der Waals surface area (Å²) in [6, 6.07) is 4.49. The number of thiazole rings is 1. The third-order valence-corrected chi connectivity index (χ3v) is 3.90. The van der Waals surface area contributed by atoms with E-state index in [1.165, 1.54) is 27.1 Å². The van der Waals surface area contributed by atoms with Crippen LogP contribution < -0.4 is 0 Å². The number of nitrogens with zero attached hydrogens (tertiary/aromatic N) is 1. The molecule has 16 heavy (non-hydrogen) atoms. The lowest BCUT2D eigenvalue weighted by Gasteiger charge is -2.10. The van der Waals surface area contributed by atoms with Crippen LogP contribution in [0.2, 0.25) is 0 Å². The average Bonchev–Trinajstić information content (AvgIpc) is 2.43. The molecule has 2 rings (SSSR count). The first-order valence-electron chi connectivity index (χ1n) is 5.51. The van der Waals surface area contributed by atoms with E-state index in [4.69, 9.17) is 0 Å². The summed E-state index contributed by atoms with van der Waals surface area (Å²) in [6.07, 6.45) is 0. The third kappa shape index (κ3) is 1.90. The molecule has 0 aliphatic rings. The monoisotopic (exact) mass is 231 g/mol. The SMILES string of the molecule is Cc1cc(C)c(-c2sc(C)nc2C)c(C)c1.